The second kappa shape index (κ2) is 5.43. The molecular weight excluding hydrogens is 244 g/mol. The highest BCUT2D eigenvalue weighted by molar-refractivity contribution is 5.93. The van der Waals surface area contributed by atoms with Crippen molar-refractivity contribution in [3.8, 4) is 0 Å². The van der Waals surface area contributed by atoms with Crippen LogP contribution in [-0.2, 0) is 16.0 Å². The lowest BCUT2D eigenvalue weighted by Crippen LogP contribution is -2.26. The quantitative estimate of drug-likeness (QED) is 0.819. The highest BCUT2D eigenvalue weighted by Crippen LogP contribution is 2.28. The maximum absolute atomic E-state index is 11.0. The topological polar surface area (TPSA) is 74.6 Å². The fourth-order valence-corrected chi connectivity index (χ4v) is 2.37. The SMILES string of the molecule is Cc1c(C)c(C)c(CC(C(=O)O)C(=O)O)c(C)c1C. The molecule has 0 amide bonds. The van der Waals surface area contributed by atoms with Crippen LogP contribution in [0, 0.1) is 40.5 Å². The predicted molar refractivity (Wildman–Crippen MR) is 72.6 cm³/mol. The van der Waals surface area contributed by atoms with E-state index in [1.807, 2.05) is 34.6 Å². The number of carboxylic acid groups (broad SMARTS) is 2. The van der Waals surface area contributed by atoms with Crippen molar-refractivity contribution >= 4 is 11.9 Å². The maximum Gasteiger partial charge on any atom is 0.318 e. The molecule has 0 saturated heterocycles. The molecule has 0 heterocycles. The molecule has 0 atom stereocenters. The summed E-state index contributed by atoms with van der Waals surface area (Å²) >= 11 is 0. The van der Waals surface area contributed by atoms with Gasteiger partial charge in [0.05, 0.1) is 0 Å². The zero-order valence-corrected chi connectivity index (χ0v) is 12.0. The number of carbonyl (C=O) groups is 2. The molecular formula is C15H20O4. The Morgan fingerprint density at radius 2 is 1.11 bits per heavy atom. The van der Waals surface area contributed by atoms with Crippen LogP contribution >= 0.6 is 0 Å². The molecule has 0 unspecified atom stereocenters. The van der Waals surface area contributed by atoms with E-state index in [1.54, 1.807) is 0 Å². The fourth-order valence-electron chi connectivity index (χ4n) is 2.37. The molecule has 4 nitrogen and oxygen atoms in total. The summed E-state index contributed by atoms with van der Waals surface area (Å²) < 4.78 is 0. The molecule has 0 aliphatic rings. The van der Waals surface area contributed by atoms with E-state index in [9.17, 15) is 9.59 Å². The summed E-state index contributed by atoms with van der Waals surface area (Å²) in [7, 11) is 0. The third-order valence-electron chi connectivity index (χ3n) is 4.16. The van der Waals surface area contributed by atoms with E-state index < -0.39 is 17.9 Å². The van der Waals surface area contributed by atoms with Gasteiger partial charge in [0.25, 0.3) is 0 Å². The van der Waals surface area contributed by atoms with Gasteiger partial charge in [-0.3, -0.25) is 9.59 Å². The maximum atomic E-state index is 11.0. The van der Waals surface area contributed by atoms with Crippen LogP contribution in [0.1, 0.15) is 33.4 Å². The summed E-state index contributed by atoms with van der Waals surface area (Å²) in [6.45, 7) is 9.84. The van der Waals surface area contributed by atoms with Crippen molar-refractivity contribution in [2.75, 3.05) is 0 Å². The van der Waals surface area contributed by atoms with Crippen LogP contribution in [0.5, 0.6) is 0 Å². The van der Waals surface area contributed by atoms with Gasteiger partial charge in [-0.2, -0.15) is 0 Å². The zero-order chi connectivity index (χ0) is 14.9. The van der Waals surface area contributed by atoms with Gasteiger partial charge in [-0.25, -0.2) is 0 Å². The molecule has 4 heteroatoms. The van der Waals surface area contributed by atoms with Crippen molar-refractivity contribution in [1.82, 2.24) is 0 Å². The summed E-state index contributed by atoms with van der Waals surface area (Å²) in [5.74, 6) is -3.97. The number of hydrogen-bond acceptors (Lipinski definition) is 2. The van der Waals surface area contributed by atoms with Gasteiger partial charge in [0.15, 0.2) is 5.92 Å². The van der Waals surface area contributed by atoms with E-state index in [0.29, 0.717) is 0 Å². The largest absolute Gasteiger partial charge is 0.481 e. The Morgan fingerprint density at radius 3 is 1.42 bits per heavy atom. The zero-order valence-electron chi connectivity index (χ0n) is 12.0. The Morgan fingerprint density at radius 1 is 0.789 bits per heavy atom. The number of benzene rings is 1. The van der Waals surface area contributed by atoms with Crippen molar-refractivity contribution in [1.29, 1.82) is 0 Å². The van der Waals surface area contributed by atoms with Crippen molar-refractivity contribution in [3.05, 3.63) is 33.4 Å². The Bertz CT molecular complexity index is 501. The molecule has 0 aliphatic carbocycles. The molecule has 1 aromatic rings. The van der Waals surface area contributed by atoms with E-state index in [2.05, 4.69) is 0 Å². The average molecular weight is 264 g/mol. The Balaban J connectivity index is 3.36. The molecule has 1 rings (SSSR count). The standard InChI is InChI=1S/C15H20O4/c1-7-8(2)10(4)12(11(5)9(7)3)6-13(14(16)17)15(18)19/h13H,6H2,1-5H3,(H,16,17)(H,18,19). The molecule has 19 heavy (non-hydrogen) atoms. The number of rotatable bonds is 4. The number of hydrogen-bond donors (Lipinski definition) is 2. The number of aliphatic carboxylic acids is 2. The molecule has 0 bridgehead atoms. The van der Waals surface area contributed by atoms with Gasteiger partial charge in [0.2, 0.25) is 0 Å². The lowest BCUT2D eigenvalue weighted by Gasteiger charge is -2.20. The summed E-state index contributed by atoms with van der Waals surface area (Å²) in [4.78, 5) is 22.0. The Kier molecular flexibility index (Phi) is 4.35. The van der Waals surface area contributed by atoms with Gasteiger partial charge < -0.3 is 10.2 Å². The van der Waals surface area contributed by atoms with E-state index in [1.165, 1.54) is 5.56 Å². The van der Waals surface area contributed by atoms with Crippen LogP contribution in [0.25, 0.3) is 0 Å². The number of carboxylic acids is 2. The van der Waals surface area contributed by atoms with Crippen molar-refractivity contribution in [3.63, 3.8) is 0 Å². The van der Waals surface area contributed by atoms with E-state index >= 15 is 0 Å². The van der Waals surface area contributed by atoms with E-state index in [-0.39, 0.29) is 6.42 Å². The monoisotopic (exact) mass is 264 g/mol. The normalized spacial score (nSPS) is 10.8. The molecule has 0 aliphatic heterocycles. The van der Waals surface area contributed by atoms with Gasteiger partial charge in [-0.05, 0) is 74.4 Å². The highest BCUT2D eigenvalue weighted by Gasteiger charge is 2.28. The van der Waals surface area contributed by atoms with Gasteiger partial charge >= 0.3 is 11.9 Å². The van der Waals surface area contributed by atoms with Crippen molar-refractivity contribution in [2.24, 2.45) is 5.92 Å². The van der Waals surface area contributed by atoms with Crippen LogP contribution in [0.3, 0.4) is 0 Å². The van der Waals surface area contributed by atoms with E-state index in [4.69, 9.17) is 10.2 Å². The second-order valence-corrected chi connectivity index (χ2v) is 5.04. The first-order valence-electron chi connectivity index (χ1n) is 6.19. The van der Waals surface area contributed by atoms with Crippen molar-refractivity contribution in [2.45, 2.75) is 41.0 Å². The minimum atomic E-state index is -1.39. The van der Waals surface area contributed by atoms with E-state index in [0.717, 1.165) is 27.8 Å². The molecule has 0 fully saturated rings. The van der Waals surface area contributed by atoms with Crippen LogP contribution in [0.4, 0.5) is 0 Å². The minimum Gasteiger partial charge on any atom is -0.481 e. The molecule has 2 N–H and O–H groups in total. The molecule has 0 radical (unpaired) electrons. The lowest BCUT2D eigenvalue weighted by atomic mass is 9.85. The average Bonchev–Trinajstić information content (AvgIpc) is 2.33. The molecule has 1 aromatic carbocycles. The smallest absolute Gasteiger partial charge is 0.318 e. The van der Waals surface area contributed by atoms with Gasteiger partial charge in [0.1, 0.15) is 0 Å². The lowest BCUT2D eigenvalue weighted by molar-refractivity contribution is -0.154. The van der Waals surface area contributed by atoms with Crippen LogP contribution in [-0.4, -0.2) is 22.2 Å². The first-order valence-corrected chi connectivity index (χ1v) is 6.19. The van der Waals surface area contributed by atoms with Crippen LogP contribution in [0.2, 0.25) is 0 Å². The molecule has 0 aromatic heterocycles. The third kappa shape index (κ3) is 2.78. The van der Waals surface area contributed by atoms with Gasteiger partial charge in [-0.1, -0.05) is 0 Å². The predicted octanol–water partition coefficient (Wildman–Crippen LogP) is 2.56. The molecule has 0 spiro atoms. The summed E-state index contributed by atoms with van der Waals surface area (Å²) in [6, 6.07) is 0. The Labute approximate surface area is 113 Å². The summed E-state index contributed by atoms with van der Waals surface area (Å²) in [5.41, 5.74) is 6.22. The first-order chi connectivity index (χ1) is 8.68. The Hall–Kier alpha value is -1.84. The third-order valence-corrected chi connectivity index (χ3v) is 4.16. The molecule has 0 saturated carbocycles. The molecule has 104 valence electrons. The van der Waals surface area contributed by atoms with Crippen LogP contribution < -0.4 is 0 Å². The fraction of sp³-hybridized carbons (Fsp3) is 0.467. The minimum absolute atomic E-state index is 0.0320. The van der Waals surface area contributed by atoms with Crippen LogP contribution in [0.15, 0.2) is 0 Å². The second-order valence-electron chi connectivity index (χ2n) is 5.04. The highest BCUT2D eigenvalue weighted by atomic mass is 16.4. The summed E-state index contributed by atoms with van der Waals surface area (Å²) in [5, 5.41) is 18.0. The first kappa shape index (κ1) is 15.2. The summed E-state index contributed by atoms with van der Waals surface area (Å²) in [6.07, 6.45) is 0.0320. The van der Waals surface area contributed by atoms with Gasteiger partial charge in [-0.15, -0.1) is 0 Å². The van der Waals surface area contributed by atoms with Crippen molar-refractivity contribution < 1.29 is 19.8 Å². The van der Waals surface area contributed by atoms with Gasteiger partial charge in [0, 0.05) is 0 Å².